The van der Waals surface area contributed by atoms with Crippen LogP contribution in [0.3, 0.4) is 0 Å². The molecule has 4 fully saturated rings. The van der Waals surface area contributed by atoms with Crippen molar-refractivity contribution in [3.8, 4) is 6.07 Å². The molecule has 2 amide bonds. The lowest BCUT2D eigenvalue weighted by molar-refractivity contribution is -0.143. The first-order valence-electron chi connectivity index (χ1n) is 12.5. The third-order valence-corrected chi connectivity index (χ3v) is 10.0. The third kappa shape index (κ3) is 4.76. The van der Waals surface area contributed by atoms with Gasteiger partial charge in [-0.25, -0.2) is 4.39 Å². The molecule has 1 aromatic rings. The van der Waals surface area contributed by atoms with E-state index in [4.69, 9.17) is 5.26 Å². The summed E-state index contributed by atoms with van der Waals surface area (Å²) < 4.78 is 81.4. The zero-order chi connectivity index (χ0) is 27.4. The predicted octanol–water partition coefficient (Wildman–Crippen LogP) is 1.86. The zero-order valence-electron chi connectivity index (χ0n) is 20.3. The van der Waals surface area contributed by atoms with Crippen molar-refractivity contribution in [3.63, 3.8) is 0 Å². The van der Waals surface area contributed by atoms with E-state index in [9.17, 15) is 35.6 Å². The Morgan fingerprint density at radius 1 is 1.16 bits per heavy atom. The first kappa shape index (κ1) is 26.8. The molecule has 0 spiro atoms. The summed E-state index contributed by atoms with van der Waals surface area (Å²) in [5.74, 6) is -2.81. The topological polar surface area (TPSA) is 114 Å². The van der Waals surface area contributed by atoms with E-state index in [2.05, 4.69) is 11.4 Å². The minimum absolute atomic E-state index is 0.0364. The maximum absolute atomic E-state index is 14.2. The predicted molar refractivity (Wildman–Crippen MR) is 124 cm³/mol. The highest BCUT2D eigenvalue weighted by atomic mass is 32.2. The molecule has 1 aliphatic carbocycles. The van der Waals surface area contributed by atoms with Crippen LogP contribution in [-0.2, 0) is 32.5 Å². The average molecular weight is 558 g/mol. The van der Waals surface area contributed by atoms with Crippen LogP contribution in [0.5, 0.6) is 0 Å². The molecule has 3 aliphatic heterocycles. The molecule has 3 unspecified atom stereocenters. The molecule has 9 nitrogen and oxygen atoms in total. The van der Waals surface area contributed by atoms with Crippen LogP contribution < -0.4 is 5.32 Å². The number of likely N-dealkylation sites (tertiary alicyclic amines) is 1. The summed E-state index contributed by atoms with van der Waals surface area (Å²) in [6, 6.07) is 2.81. The molecule has 3 heterocycles. The highest BCUT2D eigenvalue weighted by molar-refractivity contribution is 7.86. The number of nitrogens with one attached hydrogen (secondary N) is 1. The highest BCUT2D eigenvalue weighted by Gasteiger charge is 2.55. The van der Waals surface area contributed by atoms with Gasteiger partial charge in [-0.2, -0.15) is 35.5 Å². The highest BCUT2D eigenvalue weighted by Crippen LogP contribution is 2.45. The van der Waals surface area contributed by atoms with Crippen LogP contribution in [0, 0.1) is 34.9 Å². The van der Waals surface area contributed by atoms with Crippen molar-refractivity contribution in [2.24, 2.45) is 17.8 Å². The SMILES string of the molecule is N#CC1CN(S(=O)(=O)N2CC3CC(C(=O)N4CCC[C@@H]4C(=O)NCc4ccc(C(F)(F)F)cc4F)C2C3)C1. The maximum atomic E-state index is 14.2. The van der Waals surface area contributed by atoms with Crippen LogP contribution in [0.1, 0.15) is 36.8 Å². The van der Waals surface area contributed by atoms with Gasteiger partial charge in [0.15, 0.2) is 0 Å². The second-order valence-electron chi connectivity index (χ2n) is 10.4. The van der Waals surface area contributed by atoms with E-state index in [1.807, 2.05) is 0 Å². The van der Waals surface area contributed by atoms with Crippen LogP contribution in [0.25, 0.3) is 0 Å². The molecule has 1 saturated carbocycles. The molecular formula is C24H27F4N5O4S. The molecule has 3 saturated heterocycles. The second kappa shape index (κ2) is 9.77. The molecule has 14 heteroatoms. The van der Waals surface area contributed by atoms with Gasteiger partial charge in [-0.1, -0.05) is 6.07 Å². The number of benzene rings is 1. The first-order valence-corrected chi connectivity index (χ1v) is 13.9. The summed E-state index contributed by atoms with van der Waals surface area (Å²) in [5.41, 5.74) is -1.24. The number of carbonyl (C=O) groups excluding carboxylic acids is 2. The van der Waals surface area contributed by atoms with E-state index in [1.165, 1.54) is 13.5 Å². The van der Waals surface area contributed by atoms with Gasteiger partial charge in [-0.3, -0.25) is 9.59 Å². The third-order valence-electron chi connectivity index (χ3n) is 8.08. The van der Waals surface area contributed by atoms with E-state index in [0.29, 0.717) is 44.8 Å². The Morgan fingerprint density at radius 3 is 2.53 bits per heavy atom. The molecule has 0 radical (unpaired) electrons. The van der Waals surface area contributed by atoms with Crippen molar-refractivity contribution >= 4 is 22.0 Å². The van der Waals surface area contributed by atoms with Gasteiger partial charge >= 0.3 is 6.18 Å². The lowest BCUT2D eigenvalue weighted by Gasteiger charge is -2.41. The molecule has 38 heavy (non-hydrogen) atoms. The Kier molecular flexibility index (Phi) is 6.90. The molecule has 4 aliphatic rings. The fourth-order valence-electron chi connectivity index (χ4n) is 6.05. The maximum Gasteiger partial charge on any atom is 0.416 e. The second-order valence-corrected chi connectivity index (χ2v) is 12.3. The summed E-state index contributed by atoms with van der Waals surface area (Å²) in [6.45, 7) is 0.592. The minimum Gasteiger partial charge on any atom is -0.350 e. The van der Waals surface area contributed by atoms with Crippen molar-refractivity contribution in [2.75, 3.05) is 26.2 Å². The smallest absolute Gasteiger partial charge is 0.350 e. The Balaban J connectivity index is 1.22. The number of fused-ring (bicyclic) bond motifs is 2. The Bertz CT molecular complexity index is 1280. The lowest BCUT2D eigenvalue weighted by atomic mass is 9.97. The van der Waals surface area contributed by atoms with Gasteiger partial charge in [0.05, 0.1) is 23.5 Å². The molecule has 0 aromatic heterocycles. The van der Waals surface area contributed by atoms with Gasteiger partial charge in [0.25, 0.3) is 10.2 Å². The summed E-state index contributed by atoms with van der Waals surface area (Å²) in [6.07, 6.45) is -2.67. The number of hydrogen-bond acceptors (Lipinski definition) is 5. The molecule has 206 valence electrons. The molecule has 2 bridgehead atoms. The van der Waals surface area contributed by atoms with Gasteiger partial charge < -0.3 is 10.2 Å². The van der Waals surface area contributed by atoms with Gasteiger partial charge in [-0.05, 0) is 43.7 Å². The van der Waals surface area contributed by atoms with E-state index in [0.717, 1.165) is 12.1 Å². The summed E-state index contributed by atoms with van der Waals surface area (Å²) in [4.78, 5) is 27.9. The Labute approximate surface area is 217 Å². The zero-order valence-corrected chi connectivity index (χ0v) is 21.1. The number of piperidine rings is 1. The normalized spacial score (nSPS) is 28.3. The van der Waals surface area contributed by atoms with E-state index in [1.54, 1.807) is 0 Å². The number of rotatable bonds is 6. The molecule has 4 atom stereocenters. The van der Waals surface area contributed by atoms with Gasteiger partial charge in [-0.15, -0.1) is 0 Å². The minimum atomic E-state index is -4.68. The lowest BCUT2D eigenvalue weighted by Crippen LogP contribution is -2.58. The Hall–Kier alpha value is -2.76. The first-order chi connectivity index (χ1) is 17.9. The van der Waals surface area contributed by atoms with Crippen molar-refractivity contribution in [1.29, 1.82) is 5.26 Å². The van der Waals surface area contributed by atoms with Crippen molar-refractivity contribution in [1.82, 2.24) is 18.8 Å². The number of alkyl halides is 3. The molecule has 1 aromatic carbocycles. The quantitative estimate of drug-likeness (QED) is 0.537. The van der Waals surface area contributed by atoms with E-state index in [-0.39, 0.29) is 42.9 Å². The number of nitrogens with zero attached hydrogens (tertiary/aromatic N) is 4. The van der Waals surface area contributed by atoms with Crippen LogP contribution in [0.4, 0.5) is 17.6 Å². The Morgan fingerprint density at radius 2 is 1.89 bits per heavy atom. The number of nitriles is 1. The standard InChI is InChI=1S/C24H27F4N5O4S/c25-19-8-17(24(26,27)28)4-3-16(19)10-30-22(34)20-2-1-5-32(20)23(35)18-6-14-7-21(18)33(13-14)38(36,37)31-11-15(9-29)12-31/h3-4,8,14-15,18,20-21H,1-2,5-7,10-13H2,(H,30,34)/t14?,18?,20-,21?/m1/s1. The average Bonchev–Trinajstić information content (AvgIpc) is 3.57. The summed E-state index contributed by atoms with van der Waals surface area (Å²) in [5, 5.41) is 11.5. The van der Waals surface area contributed by atoms with E-state index >= 15 is 0 Å². The van der Waals surface area contributed by atoms with Crippen LogP contribution >= 0.6 is 0 Å². The monoisotopic (exact) mass is 557 g/mol. The fraction of sp³-hybridized carbons (Fsp3) is 0.625. The largest absolute Gasteiger partial charge is 0.416 e. The number of halogens is 4. The number of amides is 2. The van der Waals surface area contributed by atoms with E-state index < -0.39 is 51.7 Å². The van der Waals surface area contributed by atoms with Gasteiger partial charge in [0.1, 0.15) is 11.9 Å². The molecule has 1 N–H and O–H groups in total. The summed E-state index contributed by atoms with van der Waals surface area (Å²) in [7, 11) is -3.79. The van der Waals surface area contributed by atoms with Crippen molar-refractivity contribution in [2.45, 2.75) is 50.5 Å². The number of hydrogen-bond donors (Lipinski definition) is 1. The fourth-order valence-corrected chi connectivity index (χ4v) is 8.05. The van der Waals surface area contributed by atoms with Gasteiger partial charge in [0.2, 0.25) is 11.8 Å². The van der Waals surface area contributed by atoms with Crippen LogP contribution in [0.2, 0.25) is 0 Å². The van der Waals surface area contributed by atoms with Gasteiger partial charge in [0, 0.05) is 44.3 Å². The van der Waals surface area contributed by atoms with Crippen molar-refractivity contribution in [3.05, 3.63) is 35.1 Å². The molecule has 5 rings (SSSR count). The number of carbonyl (C=O) groups is 2. The summed E-state index contributed by atoms with van der Waals surface area (Å²) >= 11 is 0. The van der Waals surface area contributed by atoms with Crippen LogP contribution in [0.15, 0.2) is 18.2 Å². The van der Waals surface area contributed by atoms with Crippen molar-refractivity contribution < 1.29 is 35.6 Å². The molecular weight excluding hydrogens is 530 g/mol. The van der Waals surface area contributed by atoms with Crippen LogP contribution in [-0.4, -0.2) is 72.0 Å².